The molecule has 2 aromatic rings. The summed E-state index contributed by atoms with van der Waals surface area (Å²) in [5.41, 5.74) is 1.49. The summed E-state index contributed by atoms with van der Waals surface area (Å²) in [5.74, 6) is 2.22. The van der Waals surface area contributed by atoms with Crippen LogP contribution in [0.5, 0.6) is 17.2 Å². The Hall–Kier alpha value is -2.25. The molecule has 2 rings (SSSR count). The van der Waals surface area contributed by atoms with Crippen LogP contribution in [0.3, 0.4) is 0 Å². The van der Waals surface area contributed by atoms with Crippen molar-refractivity contribution >= 4 is 10.0 Å². The van der Waals surface area contributed by atoms with E-state index >= 15 is 0 Å². The molecule has 28 heavy (non-hydrogen) atoms. The lowest BCUT2D eigenvalue weighted by atomic mass is 10.0. The molecule has 154 valence electrons. The molecule has 0 heterocycles. The van der Waals surface area contributed by atoms with E-state index in [2.05, 4.69) is 4.72 Å². The molecule has 0 spiro atoms. The van der Waals surface area contributed by atoms with Crippen molar-refractivity contribution in [2.24, 2.45) is 0 Å². The Morgan fingerprint density at radius 2 is 1.57 bits per heavy atom. The van der Waals surface area contributed by atoms with Gasteiger partial charge in [-0.15, -0.1) is 0 Å². The van der Waals surface area contributed by atoms with Crippen LogP contribution in [0.25, 0.3) is 0 Å². The van der Waals surface area contributed by atoms with E-state index in [0.29, 0.717) is 17.1 Å². The van der Waals surface area contributed by atoms with Crippen molar-refractivity contribution < 1.29 is 22.6 Å². The van der Waals surface area contributed by atoms with Gasteiger partial charge in [0.1, 0.15) is 23.9 Å². The normalized spacial score (nSPS) is 12.7. The Morgan fingerprint density at radius 1 is 0.964 bits per heavy atom. The lowest BCUT2D eigenvalue weighted by Crippen LogP contribution is -2.37. The molecule has 0 radical (unpaired) electrons. The van der Waals surface area contributed by atoms with Gasteiger partial charge in [-0.05, 0) is 67.3 Å². The minimum atomic E-state index is -3.69. The molecular weight excluding hydrogens is 378 g/mol. The second kappa shape index (κ2) is 9.30. The van der Waals surface area contributed by atoms with Crippen molar-refractivity contribution in [2.75, 3.05) is 20.8 Å². The summed E-state index contributed by atoms with van der Waals surface area (Å²) in [6, 6.07) is 10.2. The first-order chi connectivity index (χ1) is 13.2. The molecule has 2 aromatic carbocycles. The zero-order valence-electron chi connectivity index (χ0n) is 17.3. The molecule has 0 bridgehead atoms. The average molecular weight is 408 g/mol. The average Bonchev–Trinajstić information content (AvgIpc) is 2.65. The van der Waals surface area contributed by atoms with Crippen LogP contribution in [0.15, 0.2) is 41.3 Å². The number of sulfonamides is 1. The number of rotatable bonds is 9. The number of benzene rings is 2. The van der Waals surface area contributed by atoms with E-state index in [1.807, 2.05) is 13.8 Å². The van der Waals surface area contributed by atoms with Gasteiger partial charge < -0.3 is 14.2 Å². The molecule has 7 heteroatoms. The van der Waals surface area contributed by atoms with Crippen molar-refractivity contribution in [3.05, 3.63) is 47.5 Å². The van der Waals surface area contributed by atoms with Gasteiger partial charge in [0, 0.05) is 0 Å². The molecule has 6 nitrogen and oxygen atoms in total. The molecule has 0 aliphatic heterocycles. The van der Waals surface area contributed by atoms with Gasteiger partial charge in [-0.2, -0.15) is 0 Å². The van der Waals surface area contributed by atoms with Gasteiger partial charge in [0.05, 0.1) is 25.2 Å². The Labute approximate surface area is 167 Å². The minimum Gasteiger partial charge on any atom is -0.497 e. The summed E-state index contributed by atoms with van der Waals surface area (Å²) in [6.45, 7) is 7.74. The molecule has 0 saturated heterocycles. The number of ether oxygens (including phenoxy) is 3. The second-order valence-electron chi connectivity index (χ2n) is 7.02. The van der Waals surface area contributed by atoms with Gasteiger partial charge >= 0.3 is 0 Å². The molecule has 0 aromatic heterocycles. The summed E-state index contributed by atoms with van der Waals surface area (Å²) >= 11 is 0. The molecule has 0 amide bonds. The highest BCUT2D eigenvalue weighted by Crippen LogP contribution is 2.31. The summed E-state index contributed by atoms with van der Waals surface area (Å²) < 4.78 is 44.7. The maximum absolute atomic E-state index is 12.9. The van der Waals surface area contributed by atoms with E-state index < -0.39 is 16.1 Å². The Morgan fingerprint density at radius 3 is 2.11 bits per heavy atom. The van der Waals surface area contributed by atoms with Gasteiger partial charge in [-0.25, -0.2) is 13.1 Å². The first-order valence-corrected chi connectivity index (χ1v) is 10.6. The highest BCUT2D eigenvalue weighted by molar-refractivity contribution is 7.89. The largest absolute Gasteiger partial charge is 0.497 e. The third kappa shape index (κ3) is 5.39. The maximum Gasteiger partial charge on any atom is 0.241 e. The van der Waals surface area contributed by atoms with Crippen LogP contribution >= 0.6 is 0 Å². The predicted molar refractivity (Wildman–Crippen MR) is 110 cm³/mol. The van der Waals surface area contributed by atoms with Gasteiger partial charge in [0.15, 0.2) is 0 Å². The van der Waals surface area contributed by atoms with Gasteiger partial charge in [-0.3, -0.25) is 0 Å². The minimum absolute atomic E-state index is 0.139. The van der Waals surface area contributed by atoms with Crippen molar-refractivity contribution in [3.63, 3.8) is 0 Å². The zero-order chi connectivity index (χ0) is 20.9. The molecule has 0 aliphatic rings. The lowest BCUT2D eigenvalue weighted by Gasteiger charge is -2.19. The number of hydrogen-bond acceptors (Lipinski definition) is 5. The van der Waals surface area contributed by atoms with Crippen LogP contribution < -0.4 is 18.9 Å². The SMILES string of the molecule is COc1ccc(OC[C@@H](C)NS(=O)(=O)c2cc(C(C)C)c(OC)cc2C)cc1. The van der Waals surface area contributed by atoms with Crippen LogP contribution in [0, 0.1) is 6.92 Å². The van der Waals surface area contributed by atoms with Crippen LogP contribution in [0.4, 0.5) is 0 Å². The standard InChI is InChI=1S/C21H29NO5S/c1-14(2)19-12-21(15(3)11-20(19)26-6)28(23,24)22-16(4)13-27-18-9-7-17(25-5)8-10-18/h7-12,14,16,22H,13H2,1-6H3/t16-/m1/s1. The van der Waals surface area contributed by atoms with Gasteiger partial charge in [-0.1, -0.05) is 13.8 Å². The molecule has 0 aliphatic carbocycles. The fraction of sp³-hybridized carbons (Fsp3) is 0.429. The fourth-order valence-electron chi connectivity index (χ4n) is 2.85. The van der Waals surface area contributed by atoms with Crippen molar-refractivity contribution in [1.29, 1.82) is 0 Å². The summed E-state index contributed by atoms with van der Waals surface area (Å²) in [6.07, 6.45) is 0. The van der Waals surface area contributed by atoms with Crippen molar-refractivity contribution in [2.45, 2.75) is 44.6 Å². The highest BCUT2D eigenvalue weighted by atomic mass is 32.2. The Balaban J connectivity index is 2.12. The molecule has 1 N–H and O–H groups in total. The Kier molecular flexibility index (Phi) is 7.32. The van der Waals surface area contributed by atoms with Gasteiger partial charge in [0.25, 0.3) is 0 Å². The molecule has 0 unspecified atom stereocenters. The monoisotopic (exact) mass is 407 g/mol. The zero-order valence-corrected chi connectivity index (χ0v) is 18.1. The first-order valence-electron chi connectivity index (χ1n) is 9.15. The molecule has 0 fully saturated rings. The summed E-state index contributed by atoms with van der Waals surface area (Å²) in [4.78, 5) is 0.258. The molecular formula is C21H29NO5S. The second-order valence-corrected chi connectivity index (χ2v) is 8.71. The van der Waals surface area contributed by atoms with Crippen molar-refractivity contribution in [1.82, 2.24) is 4.72 Å². The number of aryl methyl sites for hydroxylation is 1. The maximum atomic E-state index is 12.9. The quantitative estimate of drug-likeness (QED) is 0.683. The van der Waals surface area contributed by atoms with Crippen LogP contribution in [-0.2, 0) is 10.0 Å². The third-order valence-electron chi connectivity index (χ3n) is 4.35. The highest BCUT2D eigenvalue weighted by Gasteiger charge is 2.23. The van der Waals surface area contributed by atoms with E-state index in [-0.39, 0.29) is 17.4 Å². The van der Waals surface area contributed by atoms with Crippen LogP contribution in [0.1, 0.15) is 37.8 Å². The first kappa shape index (κ1) is 22.0. The molecule has 0 saturated carbocycles. The number of nitrogens with one attached hydrogen (secondary N) is 1. The van der Waals surface area contributed by atoms with Crippen LogP contribution in [-0.4, -0.2) is 35.3 Å². The number of methoxy groups -OCH3 is 2. The third-order valence-corrected chi connectivity index (χ3v) is 6.09. The van der Waals surface area contributed by atoms with Crippen LogP contribution in [0.2, 0.25) is 0 Å². The van der Waals surface area contributed by atoms with E-state index in [0.717, 1.165) is 11.3 Å². The predicted octanol–water partition coefficient (Wildman–Crippen LogP) is 3.88. The molecule has 1 atom stereocenters. The topological polar surface area (TPSA) is 73.9 Å². The van der Waals surface area contributed by atoms with Crippen molar-refractivity contribution in [3.8, 4) is 17.2 Å². The van der Waals surface area contributed by atoms with E-state index in [1.165, 1.54) is 0 Å². The van der Waals surface area contributed by atoms with E-state index in [9.17, 15) is 8.42 Å². The van der Waals surface area contributed by atoms with Gasteiger partial charge in [0.2, 0.25) is 10.0 Å². The summed E-state index contributed by atoms with van der Waals surface area (Å²) in [5, 5.41) is 0. The number of hydrogen-bond donors (Lipinski definition) is 1. The Bertz CT molecular complexity index is 892. The lowest BCUT2D eigenvalue weighted by molar-refractivity contribution is 0.287. The smallest absolute Gasteiger partial charge is 0.241 e. The fourth-order valence-corrected chi connectivity index (χ4v) is 4.34. The summed E-state index contributed by atoms with van der Waals surface area (Å²) in [7, 11) is -0.507. The van der Waals surface area contributed by atoms with E-state index in [4.69, 9.17) is 14.2 Å². The van der Waals surface area contributed by atoms with E-state index in [1.54, 1.807) is 64.5 Å².